The van der Waals surface area contributed by atoms with Gasteiger partial charge in [-0.15, -0.1) is 0 Å². The van der Waals surface area contributed by atoms with E-state index >= 15 is 0 Å². The van der Waals surface area contributed by atoms with Crippen LogP contribution in [0.15, 0.2) is 73.6 Å². The summed E-state index contributed by atoms with van der Waals surface area (Å²) in [6, 6.07) is 13.6. The molecular formula is C18H18N4O. The smallest absolute Gasteiger partial charge is 0.225 e. The summed E-state index contributed by atoms with van der Waals surface area (Å²) in [5, 5.41) is 3.10. The molecule has 0 spiro atoms. The Morgan fingerprint density at radius 1 is 1.09 bits per heavy atom. The molecule has 1 atom stereocenters. The lowest BCUT2D eigenvalue weighted by molar-refractivity contribution is -0.121. The molecule has 3 rings (SSSR count). The first-order chi connectivity index (χ1) is 11.3. The molecule has 1 amide bonds. The molecular weight excluding hydrogens is 288 g/mol. The number of rotatable bonds is 6. The monoisotopic (exact) mass is 306 g/mol. The third-order valence-corrected chi connectivity index (χ3v) is 3.58. The summed E-state index contributed by atoms with van der Waals surface area (Å²) in [6.07, 6.45) is 9.12. The van der Waals surface area contributed by atoms with Gasteiger partial charge in [-0.3, -0.25) is 9.78 Å². The predicted molar refractivity (Wildman–Crippen MR) is 87.5 cm³/mol. The minimum atomic E-state index is -0.102. The molecule has 1 N–H and O–H groups in total. The van der Waals surface area contributed by atoms with E-state index in [-0.39, 0.29) is 11.9 Å². The Morgan fingerprint density at radius 3 is 2.65 bits per heavy atom. The van der Waals surface area contributed by atoms with E-state index in [0.717, 1.165) is 11.1 Å². The average Bonchev–Trinajstić information content (AvgIpc) is 3.09. The number of aromatic nitrogens is 3. The number of hydrogen-bond donors (Lipinski definition) is 1. The van der Waals surface area contributed by atoms with Crippen molar-refractivity contribution in [3.63, 3.8) is 0 Å². The van der Waals surface area contributed by atoms with Gasteiger partial charge in [0, 0.05) is 31.3 Å². The maximum Gasteiger partial charge on any atom is 0.225 e. The Kier molecular flexibility index (Phi) is 4.79. The minimum Gasteiger partial charge on any atom is -0.347 e. The summed E-state index contributed by atoms with van der Waals surface area (Å²) >= 11 is 0. The van der Waals surface area contributed by atoms with Gasteiger partial charge in [0.25, 0.3) is 0 Å². The Bertz CT molecular complexity index is 726. The summed E-state index contributed by atoms with van der Waals surface area (Å²) in [5.41, 5.74) is 1.97. The molecule has 1 aromatic carbocycles. The van der Waals surface area contributed by atoms with Gasteiger partial charge in [-0.25, -0.2) is 4.98 Å². The minimum absolute atomic E-state index is 0.0213. The fourth-order valence-corrected chi connectivity index (χ4v) is 2.46. The topological polar surface area (TPSA) is 59.8 Å². The van der Waals surface area contributed by atoms with Gasteiger partial charge >= 0.3 is 0 Å². The highest BCUT2D eigenvalue weighted by Crippen LogP contribution is 2.15. The van der Waals surface area contributed by atoms with Crippen LogP contribution in [0.3, 0.4) is 0 Å². The zero-order valence-corrected chi connectivity index (χ0v) is 12.7. The van der Waals surface area contributed by atoms with Crippen LogP contribution in [0.1, 0.15) is 17.2 Å². The summed E-state index contributed by atoms with van der Waals surface area (Å²) in [4.78, 5) is 20.5. The van der Waals surface area contributed by atoms with Crippen LogP contribution in [0, 0.1) is 0 Å². The lowest BCUT2D eigenvalue weighted by atomic mass is 10.1. The second kappa shape index (κ2) is 7.35. The number of carbonyl (C=O) groups is 1. The first-order valence-electron chi connectivity index (χ1n) is 7.50. The zero-order chi connectivity index (χ0) is 15.9. The molecule has 0 aliphatic rings. The Labute approximate surface area is 135 Å². The van der Waals surface area contributed by atoms with Crippen molar-refractivity contribution < 1.29 is 4.79 Å². The highest BCUT2D eigenvalue weighted by Gasteiger charge is 2.15. The molecule has 2 aromatic heterocycles. The summed E-state index contributed by atoms with van der Waals surface area (Å²) in [6.45, 7) is 0.642. The zero-order valence-electron chi connectivity index (χ0n) is 12.7. The number of imidazole rings is 1. The fraction of sp³-hybridized carbons (Fsp3) is 0.167. The Balaban J connectivity index is 1.72. The molecule has 0 aliphatic heterocycles. The largest absolute Gasteiger partial charge is 0.347 e. The number of benzene rings is 1. The van der Waals surface area contributed by atoms with E-state index in [1.807, 2.05) is 53.2 Å². The third kappa shape index (κ3) is 4.26. The molecule has 0 saturated heterocycles. The normalized spacial score (nSPS) is 11.8. The standard InChI is InChI=1S/C18H18N4O/c23-18(11-15-5-4-8-19-12-15)21-17(13-22-10-9-20-14-22)16-6-2-1-3-7-16/h1-10,12,14,17H,11,13H2,(H,21,23)/t17-/m1/s1. The fourth-order valence-electron chi connectivity index (χ4n) is 2.46. The number of amides is 1. The maximum atomic E-state index is 12.4. The van der Waals surface area contributed by atoms with Crippen LogP contribution in [-0.4, -0.2) is 20.4 Å². The lowest BCUT2D eigenvalue weighted by Crippen LogP contribution is -2.32. The highest BCUT2D eigenvalue weighted by atomic mass is 16.1. The van der Waals surface area contributed by atoms with Crippen LogP contribution >= 0.6 is 0 Å². The van der Waals surface area contributed by atoms with Crippen molar-refractivity contribution >= 4 is 5.91 Å². The van der Waals surface area contributed by atoms with Crippen molar-refractivity contribution in [2.75, 3.05) is 0 Å². The SMILES string of the molecule is O=C(Cc1cccnc1)N[C@H](Cn1ccnc1)c1ccccc1. The van der Waals surface area contributed by atoms with Gasteiger partial charge in [0.15, 0.2) is 0 Å². The molecule has 0 saturated carbocycles. The molecule has 5 heteroatoms. The van der Waals surface area contributed by atoms with Crippen LogP contribution < -0.4 is 5.32 Å². The van der Waals surface area contributed by atoms with Gasteiger partial charge in [0.2, 0.25) is 5.91 Å². The van der Waals surface area contributed by atoms with Crippen molar-refractivity contribution in [3.05, 3.63) is 84.7 Å². The first kappa shape index (κ1) is 15.0. The summed E-state index contributed by atoms with van der Waals surface area (Å²) in [5.74, 6) is -0.0213. The van der Waals surface area contributed by atoms with Crippen molar-refractivity contribution in [2.45, 2.75) is 19.0 Å². The van der Waals surface area contributed by atoms with Gasteiger partial charge in [-0.1, -0.05) is 36.4 Å². The van der Waals surface area contributed by atoms with Crippen molar-refractivity contribution in [2.24, 2.45) is 0 Å². The van der Waals surface area contributed by atoms with E-state index in [1.54, 1.807) is 24.9 Å². The van der Waals surface area contributed by atoms with Crippen LogP contribution in [-0.2, 0) is 17.8 Å². The molecule has 0 unspecified atom stereocenters. The third-order valence-electron chi connectivity index (χ3n) is 3.58. The van der Waals surface area contributed by atoms with Gasteiger partial charge < -0.3 is 9.88 Å². The molecule has 5 nitrogen and oxygen atoms in total. The predicted octanol–water partition coefficient (Wildman–Crippen LogP) is 2.38. The molecule has 2 heterocycles. The molecule has 3 aromatic rings. The maximum absolute atomic E-state index is 12.4. The van der Waals surface area contributed by atoms with Crippen LogP contribution in [0.2, 0.25) is 0 Å². The quantitative estimate of drug-likeness (QED) is 0.760. The Morgan fingerprint density at radius 2 is 1.96 bits per heavy atom. The lowest BCUT2D eigenvalue weighted by Gasteiger charge is -2.20. The van der Waals surface area contributed by atoms with Crippen molar-refractivity contribution in [1.29, 1.82) is 0 Å². The van der Waals surface area contributed by atoms with Gasteiger partial charge in [0.1, 0.15) is 0 Å². The van der Waals surface area contributed by atoms with E-state index < -0.39 is 0 Å². The van der Waals surface area contributed by atoms with Crippen LogP contribution in [0.25, 0.3) is 0 Å². The number of nitrogens with zero attached hydrogens (tertiary/aromatic N) is 3. The second-order valence-corrected chi connectivity index (χ2v) is 5.33. The number of nitrogens with one attached hydrogen (secondary N) is 1. The van der Waals surface area contributed by atoms with Crippen molar-refractivity contribution in [1.82, 2.24) is 19.9 Å². The van der Waals surface area contributed by atoms with Crippen LogP contribution in [0.5, 0.6) is 0 Å². The van der Waals surface area contributed by atoms with Crippen LogP contribution in [0.4, 0.5) is 0 Å². The van der Waals surface area contributed by atoms with E-state index in [4.69, 9.17) is 0 Å². The average molecular weight is 306 g/mol. The molecule has 0 radical (unpaired) electrons. The molecule has 0 aliphatic carbocycles. The molecule has 0 bridgehead atoms. The second-order valence-electron chi connectivity index (χ2n) is 5.33. The van der Waals surface area contributed by atoms with E-state index in [9.17, 15) is 4.79 Å². The van der Waals surface area contributed by atoms with Gasteiger partial charge in [0.05, 0.1) is 18.8 Å². The molecule has 0 fully saturated rings. The van der Waals surface area contributed by atoms with Gasteiger partial charge in [-0.05, 0) is 17.2 Å². The Hall–Kier alpha value is -2.95. The molecule has 23 heavy (non-hydrogen) atoms. The number of hydrogen-bond acceptors (Lipinski definition) is 3. The van der Waals surface area contributed by atoms with E-state index in [2.05, 4.69) is 15.3 Å². The van der Waals surface area contributed by atoms with E-state index in [0.29, 0.717) is 13.0 Å². The summed E-state index contributed by atoms with van der Waals surface area (Å²) < 4.78 is 1.96. The van der Waals surface area contributed by atoms with Gasteiger partial charge in [-0.2, -0.15) is 0 Å². The number of carbonyl (C=O) groups excluding carboxylic acids is 1. The highest BCUT2D eigenvalue weighted by molar-refractivity contribution is 5.78. The number of pyridine rings is 1. The first-order valence-corrected chi connectivity index (χ1v) is 7.50. The van der Waals surface area contributed by atoms with Crippen molar-refractivity contribution in [3.8, 4) is 0 Å². The van der Waals surface area contributed by atoms with E-state index in [1.165, 1.54) is 0 Å². The molecule has 116 valence electrons. The summed E-state index contributed by atoms with van der Waals surface area (Å²) in [7, 11) is 0.